The Labute approximate surface area is 116 Å². The molecule has 0 radical (unpaired) electrons. The van der Waals surface area contributed by atoms with Gasteiger partial charge in [-0.2, -0.15) is 0 Å². The van der Waals surface area contributed by atoms with Crippen molar-refractivity contribution in [2.24, 2.45) is 0 Å². The van der Waals surface area contributed by atoms with E-state index in [4.69, 9.17) is 11.6 Å². The van der Waals surface area contributed by atoms with E-state index in [-0.39, 0.29) is 0 Å². The fourth-order valence-electron chi connectivity index (χ4n) is 1.72. The van der Waals surface area contributed by atoms with Crippen LogP contribution in [0.15, 0.2) is 31.0 Å². The summed E-state index contributed by atoms with van der Waals surface area (Å²) in [6, 6.07) is 1.89. The van der Waals surface area contributed by atoms with Crippen molar-refractivity contribution >= 4 is 45.2 Å². The molecule has 0 bridgehead atoms. The topological polar surface area (TPSA) is 54.5 Å². The first-order valence-electron chi connectivity index (χ1n) is 4.84. The number of halogens is 2. The first-order chi connectivity index (χ1) is 8.25. The van der Waals surface area contributed by atoms with Gasteiger partial charge in [0.05, 0.1) is 8.72 Å². The van der Waals surface area contributed by atoms with Crippen LogP contribution in [0.25, 0.3) is 22.2 Å². The van der Waals surface area contributed by atoms with Crippen LogP contribution in [0.4, 0.5) is 0 Å². The lowest BCUT2D eigenvalue weighted by Crippen LogP contribution is -1.83. The van der Waals surface area contributed by atoms with Crippen LogP contribution in [-0.2, 0) is 0 Å². The summed E-state index contributed by atoms with van der Waals surface area (Å²) >= 11 is 8.21. The molecule has 0 aromatic carbocycles. The number of nitrogens with zero attached hydrogens (tertiary/aromatic N) is 3. The summed E-state index contributed by atoms with van der Waals surface area (Å²) in [5, 5.41) is 1.60. The minimum atomic E-state index is 0.617. The molecular formula is C11H6ClIN4. The van der Waals surface area contributed by atoms with E-state index in [2.05, 4.69) is 42.5 Å². The summed E-state index contributed by atoms with van der Waals surface area (Å²) in [7, 11) is 0. The normalized spacial score (nSPS) is 10.9. The van der Waals surface area contributed by atoms with E-state index < -0.39 is 0 Å². The summed E-state index contributed by atoms with van der Waals surface area (Å²) in [6.07, 6.45) is 6.69. The molecule has 0 aliphatic rings. The van der Waals surface area contributed by atoms with E-state index in [1.807, 2.05) is 6.07 Å². The minimum Gasteiger partial charge on any atom is -0.334 e. The van der Waals surface area contributed by atoms with Crippen molar-refractivity contribution in [2.75, 3.05) is 0 Å². The van der Waals surface area contributed by atoms with E-state index in [0.717, 1.165) is 25.9 Å². The van der Waals surface area contributed by atoms with E-state index in [1.54, 1.807) is 18.6 Å². The van der Waals surface area contributed by atoms with Gasteiger partial charge in [-0.25, -0.2) is 15.0 Å². The number of hydrogen-bond acceptors (Lipinski definition) is 3. The molecule has 3 aromatic heterocycles. The molecular weight excluding hydrogens is 351 g/mol. The van der Waals surface area contributed by atoms with Crippen LogP contribution in [0.5, 0.6) is 0 Å². The van der Waals surface area contributed by atoms with Crippen molar-refractivity contribution in [3.05, 3.63) is 39.7 Å². The monoisotopic (exact) mass is 356 g/mol. The Balaban J connectivity index is 2.35. The Morgan fingerprint density at radius 3 is 2.71 bits per heavy atom. The Kier molecular flexibility index (Phi) is 2.71. The number of pyridine rings is 1. The highest BCUT2D eigenvalue weighted by molar-refractivity contribution is 14.1. The number of aromatic amines is 1. The van der Waals surface area contributed by atoms with Gasteiger partial charge in [-0.15, -0.1) is 0 Å². The molecule has 0 aliphatic heterocycles. The molecule has 6 heteroatoms. The minimum absolute atomic E-state index is 0.617. The molecule has 3 rings (SSSR count). The highest BCUT2D eigenvalue weighted by atomic mass is 127. The average Bonchev–Trinajstić information content (AvgIpc) is 2.65. The lowest BCUT2D eigenvalue weighted by molar-refractivity contribution is 1.17. The number of nitrogens with one attached hydrogen (secondary N) is 1. The molecule has 0 aliphatic carbocycles. The molecule has 17 heavy (non-hydrogen) atoms. The van der Waals surface area contributed by atoms with Gasteiger partial charge >= 0.3 is 0 Å². The van der Waals surface area contributed by atoms with Crippen LogP contribution < -0.4 is 0 Å². The first-order valence-corrected chi connectivity index (χ1v) is 6.29. The van der Waals surface area contributed by atoms with E-state index >= 15 is 0 Å². The predicted molar refractivity (Wildman–Crippen MR) is 74.8 cm³/mol. The van der Waals surface area contributed by atoms with Gasteiger partial charge < -0.3 is 4.98 Å². The van der Waals surface area contributed by atoms with Crippen LogP contribution in [0, 0.1) is 3.70 Å². The molecule has 0 saturated carbocycles. The van der Waals surface area contributed by atoms with Gasteiger partial charge in [0.2, 0.25) is 0 Å². The SMILES string of the molecule is Clc1cnc2[nH]c(I)c(-c3cncnc3)c2c1. The van der Waals surface area contributed by atoms with Gasteiger partial charge in [0, 0.05) is 35.1 Å². The Morgan fingerprint density at radius 1 is 1.18 bits per heavy atom. The van der Waals surface area contributed by atoms with Crippen molar-refractivity contribution in [3.63, 3.8) is 0 Å². The maximum atomic E-state index is 5.98. The summed E-state index contributed by atoms with van der Waals surface area (Å²) in [4.78, 5) is 15.5. The lowest BCUT2D eigenvalue weighted by atomic mass is 10.1. The third-order valence-corrected chi connectivity index (χ3v) is 3.44. The summed E-state index contributed by atoms with van der Waals surface area (Å²) in [5.41, 5.74) is 2.81. The quantitative estimate of drug-likeness (QED) is 0.681. The van der Waals surface area contributed by atoms with Crippen molar-refractivity contribution in [2.45, 2.75) is 0 Å². The van der Waals surface area contributed by atoms with Crippen LogP contribution in [0.1, 0.15) is 0 Å². The largest absolute Gasteiger partial charge is 0.334 e. The average molecular weight is 357 g/mol. The van der Waals surface area contributed by atoms with Crippen molar-refractivity contribution in [1.29, 1.82) is 0 Å². The molecule has 0 fully saturated rings. The van der Waals surface area contributed by atoms with E-state index in [9.17, 15) is 0 Å². The second kappa shape index (κ2) is 4.23. The van der Waals surface area contributed by atoms with Crippen molar-refractivity contribution in [1.82, 2.24) is 19.9 Å². The maximum Gasteiger partial charge on any atom is 0.138 e. The fraction of sp³-hybridized carbons (Fsp3) is 0. The standard InChI is InChI=1S/C11H6ClIN4/c12-7-1-8-9(6-2-14-5-15-3-6)10(13)17-11(8)16-4-7/h1-5H,(H,16,17). The highest BCUT2D eigenvalue weighted by Gasteiger charge is 2.13. The zero-order valence-electron chi connectivity index (χ0n) is 8.48. The van der Waals surface area contributed by atoms with Gasteiger partial charge in [-0.3, -0.25) is 0 Å². The zero-order chi connectivity index (χ0) is 11.8. The zero-order valence-corrected chi connectivity index (χ0v) is 11.4. The van der Waals surface area contributed by atoms with Crippen LogP contribution in [0.2, 0.25) is 5.02 Å². The fourth-order valence-corrected chi connectivity index (χ4v) is 2.74. The molecule has 3 aromatic rings. The maximum absolute atomic E-state index is 5.98. The van der Waals surface area contributed by atoms with Gasteiger partial charge in [-0.1, -0.05) is 11.6 Å². The second-order valence-corrected chi connectivity index (χ2v) is 5.01. The molecule has 3 heterocycles. The van der Waals surface area contributed by atoms with Gasteiger partial charge in [-0.05, 0) is 28.7 Å². The summed E-state index contributed by atoms with van der Waals surface area (Å²) in [5.74, 6) is 0. The van der Waals surface area contributed by atoms with E-state index in [1.165, 1.54) is 6.33 Å². The predicted octanol–water partition coefficient (Wildman–Crippen LogP) is 3.28. The highest BCUT2D eigenvalue weighted by Crippen LogP contribution is 2.32. The molecule has 0 atom stereocenters. The van der Waals surface area contributed by atoms with Crippen LogP contribution >= 0.6 is 34.2 Å². The number of hydrogen-bond donors (Lipinski definition) is 1. The van der Waals surface area contributed by atoms with Crippen molar-refractivity contribution < 1.29 is 0 Å². The third kappa shape index (κ3) is 1.89. The summed E-state index contributed by atoms with van der Waals surface area (Å²) < 4.78 is 1.00. The molecule has 0 saturated heterocycles. The van der Waals surface area contributed by atoms with Crippen molar-refractivity contribution in [3.8, 4) is 11.1 Å². The smallest absolute Gasteiger partial charge is 0.138 e. The van der Waals surface area contributed by atoms with Gasteiger partial charge in [0.15, 0.2) is 0 Å². The molecule has 0 spiro atoms. The molecule has 1 N–H and O–H groups in total. The molecule has 84 valence electrons. The lowest BCUT2D eigenvalue weighted by Gasteiger charge is -1.99. The van der Waals surface area contributed by atoms with Crippen LogP contribution in [0.3, 0.4) is 0 Å². The third-order valence-electron chi connectivity index (χ3n) is 2.42. The van der Waals surface area contributed by atoms with E-state index in [0.29, 0.717) is 5.02 Å². The Morgan fingerprint density at radius 2 is 1.94 bits per heavy atom. The number of H-pyrrole nitrogens is 1. The molecule has 0 amide bonds. The summed E-state index contributed by atoms with van der Waals surface area (Å²) in [6.45, 7) is 0. The molecule has 0 unspecified atom stereocenters. The Bertz CT molecular complexity index is 681. The number of aromatic nitrogens is 4. The number of fused-ring (bicyclic) bond motifs is 1. The molecule has 4 nitrogen and oxygen atoms in total. The Hall–Kier alpha value is -1.21. The first kappa shape index (κ1) is 10.9. The van der Waals surface area contributed by atoms with Gasteiger partial charge in [0.25, 0.3) is 0 Å². The second-order valence-electron chi connectivity index (χ2n) is 3.49. The van der Waals surface area contributed by atoms with Gasteiger partial charge in [0.1, 0.15) is 12.0 Å². The number of rotatable bonds is 1. The van der Waals surface area contributed by atoms with Crippen LogP contribution in [-0.4, -0.2) is 19.9 Å².